The number of amides is 2. The van der Waals surface area contributed by atoms with Gasteiger partial charge in [-0.3, -0.25) is 0 Å². The summed E-state index contributed by atoms with van der Waals surface area (Å²) in [5.41, 5.74) is 0. The van der Waals surface area contributed by atoms with Crippen LogP contribution in [0.2, 0.25) is 0 Å². The fourth-order valence-corrected chi connectivity index (χ4v) is 4.06. The van der Waals surface area contributed by atoms with Gasteiger partial charge in [0.25, 0.3) is 0 Å². The van der Waals surface area contributed by atoms with Gasteiger partial charge in [0.15, 0.2) is 0 Å². The van der Waals surface area contributed by atoms with Crippen molar-refractivity contribution in [1.29, 1.82) is 0 Å². The molecule has 6 heteroatoms. The molecule has 0 aromatic carbocycles. The molecule has 2 amide bonds. The molecule has 24 heavy (non-hydrogen) atoms. The molecule has 3 heterocycles. The number of hydrogen-bond donors (Lipinski definition) is 1. The lowest BCUT2D eigenvalue weighted by Gasteiger charge is -2.26. The quantitative estimate of drug-likeness (QED) is 0.837. The number of hydrogen-bond acceptors (Lipinski definition) is 4. The van der Waals surface area contributed by atoms with Gasteiger partial charge in [-0.2, -0.15) is 0 Å². The van der Waals surface area contributed by atoms with Crippen LogP contribution in [0.4, 0.5) is 4.79 Å². The normalized spacial score (nSPS) is 18.8. The third-order valence-corrected chi connectivity index (χ3v) is 5.39. The molecule has 5 nitrogen and oxygen atoms in total. The fraction of sp³-hybridized carbons (Fsp3) is 0.500. The Morgan fingerprint density at radius 3 is 3.08 bits per heavy atom. The fourth-order valence-electron chi connectivity index (χ4n) is 3.19. The number of nitrogens with one attached hydrogen (secondary N) is 1. The monoisotopic (exact) mass is 348 g/mol. The Kier molecular flexibility index (Phi) is 5.58. The maximum atomic E-state index is 12.8. The van der Waals surface area contributed by atoms with Crippen LogP contribution in [0.1, 0.15) is 54.7 Å². The van der Waals surface area contributed by atoms with Gasteiger partial charge in [0.1, 0.15) is 18.1 Å². The molecule has 2 aromatic heterocycles. The summed E-state index contributed by atoms with van der Waals surface area (Å²) in [6, 6.07) is 8.05. The van der Waals surface area contributed by atoms with Gasteiger partial charge >= 0.3 is 6.03 Å². The highest BCUT2D eigenvalue weighted by Gasteiger charge is 2.33. The van der Waals surface area contributed by atoms with Gasteiger partial charge in [0.05, 0.1) is 12.1 Å². The minimum atomic E-state index is -0.0116. The zero-order chi connectivity index (χ0) is 16.9. The molecule has 1 fully saturated rings. The van der Waals surface area contributed by atoms with E-state index in [1.54, 1.807) is 18.4 Å². The van der Waals surface area contributed by atoms with E-state index in [0.717, 1.165) is 37.3 Å². The zero-order valence-corrected chi connectivity index (χ0v) is 15.0. The third kappa shape index (κ3) is 3.65. The van der Waals surface area contributed by atoms with Crippen molar-refractivity contribution in [2.24, 2.45) is 0 Å². The molecule has 0 radical (unpaired) electrons. The Bertz CT molecular complexity index is 653. The second-order valence-electron chi connectivity index (χ2n) is 6.01. The lowest BCUT2D eigenvalue weighted by Crippen LogP contribution is -2.40. The molecule has 0 bridgehead atoms. The lowest BCUT2D eigenvalue weighted by atomic mass is 10.1. The number of ether oxygens (including phenoxy) is 1. The van der Waals surface area contributed by atoms with Gasteiger partial charge in [-0.05, 0) is 42.8 Å². The van der Waals surface area contributed by atoms with E-state index in [9.17, 15) is 4.79 Å². The minimum Gasteiger partial charge on any atom is -0.461 e. The number of methoxy groups -OCH3 is 1. The SMILES string of the molecule is CCC(NC(=O)N1CCCC1c1ccc(COC)o1)c1cccs1. The van der Waals surface area contributed by atoms with Crippen LogP contribution >= 0.6 is 11.3 Å². The van der Waals surface area contributed by atoms with E-state index in [1.807, 2.05) is 28.5 Å². The highest BCUT2D eigenvalue weighted by Crippen LogP contribution is 2.33. The van der Waals surface area contributed by atoms with Gasteiger partial charge in [-0.25, -0.2) is 4.79 Å². The van der Waals surface area contributed by atoms with E-state index in [-0.39, 0.29) is 18.1 Å². The van der Waals surface area contributed by atoms with Crippen molar-refractivity contribution >= 4 is 17.4 Å². The Labute approximate surface area is 146 Å². The van der Waals surface area contributed by atoms with Crippen molar-refractivity contribution in [2.45, 2.75) is 44.9 Å². The molecule has 0 saturated carbocycles. The largest absolute Gasteiger partial charge is 0.461 e. The van der Waals surface area contributed by atoms with Crippen molar-refractivity contribution in [2.75, 3.05) is 13.7 Å². The average Bonchev–Trinajstić information content (AvgIpc) is 3.31. The summed E-state index contributed by atoms with van der Waals surface area (Å²) in [6.07, 6.45) is 2.81. The molecule has 2 atom stereocenters. The van der Waals surface area contributed by atoms with Crippen molar-refractivity contribution in [1.82, 2.24) is 10.2 Å². The van der Waals surface area contributed by atoms with Crippen LogP contribution in [0.3, 0.4) is 0 Å². The average molecular weight is 348 g/mol. The number of thiophene rings is 1. The molecule has 1 aliphatic rings. The number of rotatable bonds is 6. The van der Waals surface area contributed by atoms with E-state index in [1.165, 1.54) is 4.88 Å². The van der Waals surface area contributed by atoms with E-state index < -0.39 is 0 Å². The minimum absolute atomic E-state index is 0.0106. The first-order valence-electron chi connectivity index (χ1n) is 8.41. The Balaban J connectivity index is 1.68. The van der Waals surface area contributed by atoms with Gasteiger partial charge in [-0.15, -0.1) is 11.3 Å². The van der Waals surface area contributed by atoms with E-state index in [2.05, 4.69) is 18.3 Å². The second-order valence-corrected chi connectivity index (χ2v) is 6.99. The van der Waals surface area contributed by atoms with E-state index in [4.69, 9.17) is 9.15 Å². The third-order valence-electron chi connectivity index (χ3n) is 4.40. The standard InChI is InChI=1S/C18H24N2O3S/c1-3-14(17-7-5-11-24-17)19-18(21)20-10-4-6-15(20)16-9-8-13(23-16)12-22-2/h5,7-9,11,14-15H,3-4,6,10,12H2,1-2H3,(H,19,21). The maximum Gasteiger partial charge on any atom is 0.318 e. The molecule has 2 unspecified atom stereocenters. The first-order valence-corrected chi connectivity index (χ1v) is 9.29. The van der Waals surface area contributed by atoms with Crippen LogP contribution in [0.15, 0.2) is 34.1 Å². The number of carbonyl (C=O) groups is 1. The molecule has 0 spiro atoms. The van der Waals surface area contributed by atoms with Gasteiger partial charge in [0, 0.05) is 18.5 Å². The second kappa shape index (κ2) is 7.85. The Morgan fingerprint density at radius 1 is 1.50 bits per heavy atom. The number of urea groups is 1. The number of nitrogens with zero attached hydrogens (tertiary/aromatic N) is 1. The molecule has 3 rings (SSSR count). The molecule has 1 saturated heterocycles. The summed E-state index contributed by atoms with van der Waals surface area (Å²) < 4.78 is 10.9. The highest BCUT2D eigenvalue weighted by atomic mass is 32.1. The first kappa shape index (κ1) is 17.0. The summed E-state index contributed by atoms with van der Waals surface area (Å²) in [7, 11) is 1.65. The summed E-state index contributed by atoms with van der Waals surface area (Å²) in [6.45, 7) is 3.31. The van der Waals surface area contributed by atoms with Crippen LogP contribution < -0.4 is 5.32 Å². The van der Waals surface area contributed by atoms with Crippen molar-refractivity contribution in [3.8, 4) is 0 Å². The van der Waals surface area contributed by atoms with Crippen LogP contribution in [-0.4, -0.2) is 24.6 Å². The molecule has 0 aliphatic carbocycles. The molecular formula is C18H24N2O3S. The van der Waals surface area contributed by atoms with Crippen LogP contribution in [0.25, 0.3) is 0 Å². The maximum absolute atomic E-state index is 12.8. The van der Waals surface area contributed by atoms with Crippen LogP contribution in [0.5, 0.6) is 0 Å². The molecule has 1 aliphatic heterocycles. The Hall–Kier alpha value is -1.79. The van der Waals surface area contributed by atoms with Crippen molar-refractivity contribution in [3.05, 3.63) is 46.0 Å². The smallest absolute Gasteiger partial charge is 0.318 e. The number of furan rings is 1. The lowest BCUT2D eigenvalue weighted by molar-refractivity contribution is 0.155. The van der Waals surface area contributed by atoms with Gasteiger partial charge < -0.3 is 19.4 Å². The zero-order valence-electron chi connectivity index (χ0n) is 14.2. The molecule has 130 valence electrons. The summed E-state index contributed by atoms with van der Waals surface area (Å²) >= 11 is 1.68. The molecular weight excluding hydrogens is 324 g/mol. The number of likely N-dealkylation sites (tertiary alicyclic amines) is 1. The van der Waals surface area contributed by atoms with E-state index in [0.29, 0.717) is 6.61 Å². The summed E-state index contributed by atoms with van der Waals surface area (Å²) in [5, 5.41) is 5.22. The summed E-state index contributed by atoms with van der Waals surface area (Å²) in [5.74, 6) is 1.64. The predicted octanol–water partition coefficient (Wildman–Crippen LogP) is 4.49. The summed E-state index contributed by atoms with van der Waals surface area (Å²) in [4.78, 5) is 15.9. The molecule has 2 aromatic rings. The topological polar surface area (TPSA) is 54.7 Å². The molecule has 1 N–H and O–H groups in total. The van der Waals surface area contributed by atoms with Gasteiger partial charge in [-0.1, -0.05) is 13.0 Å². The van der Waals surface area contributed by atoms with Gasteiger partial charge in [0.2, 0.25) is 0 Å². The Morgan fingerprint density at radius 2 is 2.38 bits per heavy atom. The highest BCUT2D eigenvalue weighted by molar-refractivity contribution is 7.10. The number of carbonyl (C=O) groups excluding carboxylic acids is 1. The van der Waals surface area contributed by atoms with Crippen LogP contribution in [0, 0.1) is 0 Å². The van der Waals surface area contributed by atoms with Crippen LogP contribution in [-0.2, 0) is 11.3 Å². The first-order chi connectivity index (χ1) is 11.7. The van der Waals surface area contributed by atoms with E-state index >= 15 is 0 Å². The predicted molar refractivity (Wildman–Crippen MR) is 94.0 cm³/mol. The van der Waals surface area contributed by atoms with Crippen molar-refractivity contribution in [3.63, 3.8) is 0 Å². The van der Waals surface area contributed by atoms with Crippen molar-refractivity contribution < 1.29 is 13.9 Å².